The van der Waals surface area contributed by atoms with E-state index >= 15 is 0 Å². The molecule has 596 valence electrons. The van der Waals surface area contributed by atoms with E-state index in [0.29, 0.717) is 72.2 Å². The summed E-state index contributed by atoms with van der Waals surface area (Å²) in [5.74, 6) is -5.86. The van der Waals surface area contributed by atoms with Crippen molar-refractivity contribution in [1.29, 1.82) is 0 Å². The fourth-order valence-corrected chi connectivity index (χ4v) is 19.1. The second-order valence-corrected chi connectivity index (χ2v) is 32.9. The summed E-state index contributed by atoms with van der Waals surface area (Å²) in [6.45, 7) is 7.60. The summed E-state index contributed by atoms with van der Waals surface area (Å²) in [6.07, 6.45) is 0.498. The van der Waals surface area contributed by atoms with Crippen LogP contribution in [-0.2, 0) is 79.2 Å². The van der Waals surface area contributed by atoms with Gasteiger partial charge in [0.05, 0.1) is 48.4 Å². The number of aromatic nitrogens is 4. The van der Waals surface area contributed by atoms with Gasteiger partial charge >= 0.3 is 18.0 Å². The van der Waals surface area contributed by atoms with Crippen LogP contribution in [0, 0.1) is 23.2 Å². The average molecular weight is 1580 g/mol. The number of nitrogens with one attached hydrogen (secondary N) is 4. The molecule has 35 heteroatoms. The summed E-state index contributed by atoms with van der Waals surface area (Å²) < 4.78 is 77.8. The van der Waals surface area contributed by atoms with E-state index in [-0.39, 0.29) is 104 Å². The van der Waals surface area contributed by atoms with Crippen molar-refractivity contribution in [1.82, 2.24) is 40.6 Å². The largest absolute Gasteiger partial charge is 0.496 e. The van der Waals surface area contributed by atoms with E-state index in [2.05, 4.69) is 40.1 Å². The number of alkyl carbamates (subject to hydrolysis) is 1. The van der Waals surface area contributed by atoms with E-state index in [1.807, 2.05) is 46.8 Å². The number of hydrogen-bond donors (Lipinski definition) is 10. The molecule has 13 rings (SSSR count). The number of imide groups is 1. The van der Waals surface area contributed by atoms with Crippen molar-refractivity contribution in [2.24, 2.45) is 16.2 Å². The first-order chi connectivity index (χ1) is 52.8. The molecule has 3 aromatic carbocycles. The molecule has 4 aliphatic carbocycles. The molecular weight excluding hydrogens is 1490 g/mol. The number of nitrogens with zero attached hydrogens (tertiary/aromatic N) is 6. The van der Waals surface area contributed by atoms with Crippen LogP contribution in [0.3, 0.4) is 0 Å². The number of ether oxygens (including phenoxy) is 7. The molecule has 1 saturated heterocycles. The van der Waals surface area contributed by atoms with Gasteiger partial charge in [-0.25, -0.2) is 24.4 Å². The SMILES string of the molecule is COCC(CCOC12CC3(C)CC(C)(CC(Cn4ncc(-c5ccc(N6CCc7c(OC)ccc(C(=O)Nc8nc9ccccc9s8)c7C6)nc5C(=O)O)c4C)(C3)C1)C2)NC(=O)OCc1ccc(O[C@@H]2O[C@H](C(=O)O)[C@@H](O)[C@H](O)[C@H]2O)cc1OCCCNC(=O)[C@H](CS(=O)(=O)O)NC(=O)CCCCCN1C(=O)C=CC1=O. The first-order valence-electron chi connectivity index (χ1n) is 36.7. The van der Waals surface area contributed by atoms with Gasteiger partial charge in [0, 0.05) is 105 Å². The number of anilines is 2. The van der Waals surface area contributed by atoms with Gasteiger partial charge in [-0.05, 0) is 148 Å². The van der Waals surface area contributed by atoms with Crippen molar-refractivity contribution in [2.45, 2.75) is 172 Å². The Bertz CT molecular complexity index is 4610. The number of unbranched alkanes of at least 4 members (excludes halogenated alkanes) is 2. The van der Waals surface area contributed by atoms with Crippen molar-refractivity contribution in [2.75, 3.05) is 69.6 Å². The van der Waals surface area contributed by atoms with Crippen molar-refractivity contribution in [3.63, 3.8) is 0 Å². The molecule has 0 spiro atoms. The maximum absolute atomic E-state index is 14.0. The summed E-state index contributed by atoms with van der Waals surface area (Å²) in [7, 11) is -1.70. The predicted octanol–water partition coefficient (Wildman–Crippen LogP) is 5.87. The number of pyridine rings is 1. The van der Waals surface area contributed by atoms with E-state index in [0.717, 1.165) is 82.6 Å². The Labute approximate surface area is 643 Å². The van der Waals surface area contributed by atoms with Crippen LogP contribution >= 0.6 is 11.3 Å². The van der Waals surface area contributed by atoms with Gasteiger partial charge in [0.1, 0.15) is 59.8 Å². The summed E-state index contributed by atoms with van der Waals surface area (Å²) in [4.78, 5) is 115. The molecule has 6 heterocycles. The van der Waals surface area contributed by atoms with E-state index in [1.54, 1.807) is 31.5 Å². The minimum atomic E-state index is -4.78. The lowest BCUT2D eigenvalue weighted by Crippen LogP contribution is -2.64. The smallest absolute Gasteiger partial charge is 0.407 e. The third-order valence-corrected chi connectivity index (χ3v) is 23.1. The molecule has 6 aromatic rings. The molecule has 10 N–H and O–H groups in total. The number of aliphatic hydroxyl groups is 3. The summed E-state index contributed by atoms with van der Waals surface area (Å²) in [5, 5.41) is 68.1. The molecule has 3 unspecified atom stereocenters. The van der Waals surface area contributed by atoms with Crippen LogP contribution in [0.1, 0.15) is 134 Å². The molecule has 4 saturated carbocycles. The van der Waals surface area contributed by atoms with Gasteiger partial charge < -0.3 is 79.5 Å². The van der Waals surface area contributed by atoms with Gasteiger partial charge in [0.2, 0.25) is 18.1 Å². The number of carbonyl (C=O) groups is 8. The van der Waals surface area contributed by atoms with Gasteiger partial charge in [-0.2, -0.15) is 13.5 Å². The number of amides is 6. The van der Waals surface area contributed by atoms with Crippen LogP contribution in [0.25, 0.3) is 21.3 Å². The number of benzene rings is 3. The molecule has 5 fully saturated rings. The van der Waals surface area contributed by atoms with Crippen molar-refractivity contribution >= 4 is 90.2 Å². The molecule has 33 nitrogen and oxygen atoms in total. The molecular formula is C76H92N10O23S2. The molecule has 7 aliphatic rings. The molecule has 3 aromatic heterocycles. The number of methoxy groups -OCH3 is 2. The normalized spacial score (nSPS) is 24.4. The molecule has 0 radical (unpaired) electrons. The monoisotopic (exact) mass is 1580 g/mol. The number of carbonyl (C=O) groups excluding carboxylic acids is 6. The van der Waals surface area contributed by atoms with E-state index in [4.69, 9.17) is 43.2 Å². The lowest BCUT2D eigenvalue weighted by Gasteiger charge is -2.69. The number of aliphatic hydroxyl groups excluding tert-OH is 3. The minimum Gasteiger partial charge on any atom is -0.496 e. The molecule has 9 atom stereocenters. The highest BCUT2D eigenvalue weighted by molar-refractivity contribution is 7.85. The van der Waals surface area contributed by atoms with Gasteiger partial charge in [-0.15, -0.1) is 0 Å². The average Bonchev–Trinajstić information content (AvgIpc) is 0.907. The van der Waals surface area contributed by atoms with Crippen LogP contribution in [0.4, 0.5) is 15.7 Å². The number of para-hydroxylation sites is 1. The quantitative estimate of drug-likeness (QED) is 0.0126. The maximum atomic E-state index is 14.0. The van der Waals surface area contributed by atoms with Crippen molar-refractivity contribution in [3.8, 4) is 28.4 Å². The summed E-state index contributed by atoms with van der Waals surface area (Å²) in [5.41, 5.74) is 3.87. The van der Waals surface area contributed by atoms with Crippen molar-refractivity contribution in [3.05, 3.63) is 119 Å². The highest BCUT2D eigenvalue weighted by Gasteiger charge is 2.66. The summed E-state index contributed by atoms with van der Waals surface area (Å²) in [6, 6.07) is 16.5. The zero-order valence-corrected chi connectivity index (χ0v) is 63.6. The Kier molecular flexibility index (Phi) is 24.5. The highest BCUT2D eigenvalue weighted by atomic mass is 32.2. The number of carboxylic acids is 2. The van der Waals surface area contributed by atoms with Crippen LogP contribution in [-0.4, -0.2) is 219 Å². The Balaban J connectivity index is 0.667. The molecule has 6 amide bonds. The number of hydrogen-bond acceptors (Lipinski definition) is 25. The highest BCUT2D eigenvalue weighted by Crippen LogP contribution is 2.72. The lowest BCUT2D eigenvalue weighted by atomic mass is 9.39. The fourth-order valence-electron chi connectivity index (χ4n) is 17.6. The van der Waals surface area contributed by atoms with Crippen LogP contribution < -0.4 is 40.4 Å². The van der Waals surface area contributed by atoms with E-state index < -0.39 is 113 Å². The van der Waals surface area contributed by atoms with E-state index in [9.17, 15) is 76.9 Å². The molecule has 4 bridgehead atoms. The van der Waals surface area contributed by atoms with Gasteiger partial charge in [-0.3, -0.25) is 43.4 Å². The zero-order valence-electron chi connectivity index (χ0n) is 62.0. The third-order valence-electron chi connectivity index (χ3n) is 21.4. The van der Waals surface area contributed by atoms with Gasteiger partial charge in [-0.1, -0.05) is 43.7 Å². The minimum absolute atomic E-state index is 0.0139. The number of aromatic carboxylic acids is 1. The molecule has 111 heavy (non-hydrogen) atoms. The lowest BCUT2D eigenvalue weighted by molar-refractivity contribution is -0.271. The van der Waals surface area contributed by atoms with Crippen molar-refractivity contribution < 1.29 is 110 Å². The van der Waals surface area contributed by atoms with Gasteiger partial charge in [0.15, 0.2) is 16.9 Å². The standard InChI is InChI=1S/C76H92N10O23S2/c1-43-50(48-18-20-57(82-61(48)68(95)96)84-27-23-47-51(32-84)49(17-19-54(47)104-5)66(93)83-71-81-52-12-8-9-13-56(52)110-71)31-78-86(43)42-75-37-73(2)36-74(3,38-75)40-76(39-73,41-75)107-29-24-45(34-103-4)79-72(99)106-33-44-15-16-46(108-70-64(92)62(90)63(91)65(109-70)69(97)98)30-55(44)105-28-11-25-77-67(94)53(35-111(100,101)102)80-58(87)14-7-6-10-26-85-59(88)21-22-60(85)89/h8-9,12-13,15-22,30-31,45,53,62-65,70,90-92H,6-7,10-11,14,23-29,32-42H2,1-5H3,(H,77,94)(H,79,99)(H,80,87)(H,95,96)(H,97,98)(H,81,83,93)(H,100,101,102)/t45?,53-,62-,63-,64+,65-,70+,73?,74?,75?,76?/m0/s1. The maximum Gasteiger partial charge on any atom is 0.407 e. The number of carboxylic acid groups (broad SMARTS) is 2. The first-order valence-corrected chi connectivity index (χ1v) is 39.1. The number of aliphatic carboxylic acids is 1. The first kappa shape index (κ1) is 80.8. The predicted molar refractivity (Wildman–Crippen MR) is 398 cm³/mol. The second-order valence-electron chi connectivity index (χ2n) is 30.4. The number of rotatable bonds is 35. The van der Waals surface area contributed by atoms with E-state index in [1.165, 1.54) is 36.6 Å². The fraction of sp³-hybridized carbons (Fsp3) is 0.513. The van der Waals surface area contributed by atoms with Crippen LogP contribution in [0.15, 0.2) is 85.1 Å². The van der Waals surface area contributed by atoms with Gasteiger partial charge in [0.25, 0.3) is 27.8 Å². The van der Waals surface area contributed by atoms with Crippen LogP contribution in [0.2, 0.25) is 0 Å². The number of thiazole rings is 1. The third kappa shape index (κ3) is 18.9. The number of fused-ring (bicyclic) bond motifs is 2. The molecule has 3 aliphatic heterocycles. The summed E-state index contributed by atoms with van der Waals surface area (Å²) >= 11 is 1.38. The Morgan fingerprint density at radius 2 is 1.57 bits per heavy atom. The van der Waals surface area contributed by atoms with Crippen LogP contribution in [0.5, 0.6) is 17.2 Å². The Morgan fingerprint density at radius 1 is 0.811 bits per heavy atom. The zero-order chi connectivity index (χ0) is 79.3. The Morgan fingerprint density at radius 3 is 2.28 bits per heavy atom. The topological polar surface area (TPSA) is 455 Å². The second kappa shape index (κ2) is 33.7. The Hall–Kier alpha value is -9.72.